The number of hydrogen-bond donors (Lipinski definition) is 2. The van der Waals surface area contributed by atoms with Gasteiger partial charge in [0.15, 0.2) is 0 Å². The Kier molecular flexibility index (Phi) is 6.32. The van der Waals surface area contributed by atoms with Crippen LogP contribution in [0.4, 0.5) is 17.6 Å². The number of hydrogen-bond acceptors (Lipinski definition) is 4. The number of aromatic nitrogens is 1. The Morgan fingerprint density at radius 1 is 1.18 bits per heavy atom. The SMILES string of the molecule is CCNC(=O)[C@@H]1[C@@H](CO)[C@@H]2Cn3c(ccc(-c4ccccc4F)c3=O)[C@H]1N2CCC(F)(F)F. The van der Waals surface area contributed by atoms with Gasteiger partial charge in [-0.1, -0.05) is 18.2 Å². The first kappa shape index (κ1) is 23.4. The van der Waals surface area contributed by atoms with E-state index < -0.39 is 54.5 Å². The molecule has 33 heavy (non-hydrogen) atoms. The first-order valence-corrected chi connectivity index (χ1v) is 10.9. The minimum atomic E-state index is -4.39. The fourth-order valence-electron chi connectivity index (χ4n) is 5.26. The van der Waals surface area contributed by atoms with E-state index >= 15 is 0 Å². The molecule has 1 aromatic carbocycles. The number of nitrogens with one attached hydrogen (secondary N) is 1. The maximum atomic E-state index is 14.3. The van der Waals surface area contributed by atoms with E-state index in [9.17, 15) is 32.3 Å². The van der Waals surface area contributed by atoms with Gasteiger partial charge < -0.3 is 15.0 Å². The van der Waals surface area contributed by atoms with Crippen molar-refractivity contribution in [1.82, 2.24) is 14.8 Å². The first-order valence-electron chi connectivity index (χ1n) is 10.9. The molecule has 2 aliphatic rings. The van der Waals surface area contributed by atoms with E-state index in [2.05, 4.69) is 5.32 Å². The lowest BCUT2D eigenvalue weighted by Gasteiger charge is -2.38. The van der Waals surface area contributed by atoms with Crippen LogP contribution >= 0.6 is 0 Å². The molecule has 178 valence electrons. The van der Waals surface area contributed by atoms with Crippen molar-refractivity contribution in [1.29, 1.82) is 0 Å². The lowest BCUT2D eigenvalue weighted by Crippen LogP contribution is -2.47. The highest BCUT2D eigenvalue weighted by molar-refractivity contribution is 5.80. The van der Waals surface area contributed by atoms with Gasteiger partial charge in [0.2, 0.25) is 5.91 Å². The lowest BCUT2D eigenvalue weighted by molar-refractivity contribution is -0.140. The van der Waals surface area contributed by atoms with Crippen LogP contribution in [0.1, 0.15) is 25.1 Å². The summed E-state index contributed by atoms with van der Waals surface area (Å²) in [5.74, 6) is -2.40. The molecule has 2 bridgehead atoms. The number of aliphatic hydroxyl groups is 1. The fourth-order valence-corrected chi connectivity index (χ4v) is 5.26. The number of pyridine rings is 1. The Morgan fingerprint density at radius 2 is 1.91 bits per heavy atom. The van der Waals surface area contributed by atoms with Crippen LogP contribution < -0.4 is 10.9 Å². The largest absolute Gasteiger partial charge is 0.396 e. The Balaban J connectivity index is 1.83. The topological polar surface area (TPSA) is 74.6 Å². The maximum absolute atomic E-state index is 14.3. The van der Waals surface area contributed by atoms with E-state index in [-0.39, 0.29) is 30.1 Å². The Bertz CT molecular complexity index is 1100. The van der Waals surface area contributed by atoms with Crippen molar-refractivity contribution in [3.05, 3.63) is 58.3 Å². The van der Waals surface area contributed by atoms with Gasteiger partial charge in [0, 0.05) is 49.5 Å². The van der Waals surface area contributed by atoms with E-state index in [1.807, 2.05) is 0 Å². The summed E-state index contributed by atoms with van der Waals surface area (Å²) in [6.07, 6.45) is -5.46. The smallest absolute Gasteiger partial charge is 0.390 e. The van der Waals surface area contributed by atoms with Gasteiger partial charge in [-0.3, -0.25) is 14.5 Å². The number of amides is 1. The number of carbonyl (C=O) groups is 1. The zero-order chi connectivity index (χ0) is 23.9. The molecule has 2 aliphatic heterocycles. The number of carbonyl (C=O) groups excluding carboxylic acids is 1. The average Bonchev–Trinajstić information content (AvgIpc) is 2.98. The third-order valence-corrected chi connectivity index (χ3v) is 6.64. The molecule has 2 N–H and O–H groups in total. The summed E-state index contributed by atoms with van der Waals surface area (Å²) in [6.45, 7) is 1.30. The minimum Gasteiger partial charge on any atom is -0.396 e. The Morgan fingerprint density at radius 3 is 2.55 bits per heavy atom. The third-order valence-electron chi connectivity index (χ3n) is 6.64. The van der Waals surface area contributed by atoms with Crippen LogP contribution in [0.15, 0.2) is 41.2 Å². The van der Waals surface area contributed by atoms with E-state index in [1.165, 1.54) is 28.8 Å². The number of halogens is 4. The lowest BCUT2D eigenvalue weighted by atomic mass is 9.86. The van der Waals surface area contributed by atoms with Crippen LogP contribution in [-0.4, -0.2) is 52.4 Å². The van der Waals surface area contributed by atoms with Crippen molar-refractivity contribution in [3.63, 3.8) is 0 Å². The number of rotatable bonds is 6. The molecular weight excluding hydrogens is 442 g/mol. The molecular formula is C23H25F4N3O3. The van der Waals surface area contributed by atoms with Crippen molar-refractivity contribution in [2.24, 2.45) is 11.8 Å². The predicted molar refractivity (Wildman–Crippen MR) is 113 cm³/mol. The van der Waals surface area contributed by atoms with Crippen LogP contribution in [0.2, 0.25) is 0 Å². The predicted octanol–water partition coefficient (Wildman–Crippen LogP) is 2.71. The van der Waals surface area contributed by atoms with Crippen molar-refractivity contribution < 1.29 is 27.5 Å². The fraction of sp³-hybridized carbons (Fsp3) is 0.478. The molecule has 0 spiro atoms. The monoisotopic (exact) mass is 467 g/mol. The summed E-state index contributed by atoms with van der Waals surface area (Å²) >= 11 is 0. The Labute approximate surface area is 187 Å². The quantitative estimate of drug-likeness (QED) is 0.641. The highest BCUT2D eigenvalue weighted by Crippen LogP contribution is 2.48. The van der Waals surface area contributed by atoms with Gasteiger partial charge in [0.25, 0.3) is 5.56 Å². The van der Waals surface area contributed by atoms with Crippen molar-refractivity contribution in [3.8, 4) is 11.1 Å². The molecule has 10 heteroatoms. The second-order valence-corrected chi connectivity index (χ2v) is 8.45. The average molecular weight is 467 g/mol. The van der Waals surface area contributed by atoms with Gasteiger partial charge >= 0.3 is 6.18 Å². The van der Waals surface area contributed by atoms with Gasteiger partial charge in [-0.15, -0.1) is 0 Å². The summed E-state index contributed by atoms with van der Waals surface area (Å²) < 4.78 is 54.9. The molecule has 0 aliphatic carbocycles. The molecule has 0 unspecified atom stereocenters. The molecule has 4 rings (SSSR count). The number of alkyl halides is 3. The van der Waals surface area contributed by atoms with Crippen LogP contribution in [0.3, 0.4) is 0 Å². The summed E-state index contributed by atoms with van der Waals surface area (Å²) in [6, 6.07) is 7.43. The van der Waals surface area contributed by atoms with E-state index in [1.54, 1.807) is 24.0 Å². The normalized spacial score (nSPS) is 24.5. The van der Waals surface area contributed by atoms with E-state index in [0.29, 0.717) is 12.2 Å². The van der Waals surface area contributed by atoms with E-state index in [0.717, 1.165) is 0 Å². The third kappa shape index (κ3) is 4.17. The van der Waals surface area contributed by atoms with Crippen molar-refractivity contribution in [2.45, 2.75) is 38.1 Å². The zero-order valence-electron chi connectivity index (χ0n) is 18.0. The Hall–Kier alpha value is -2.72. The molecule has 1 amide bonds. The van der Waals surface area contributed by atoms with Crippen molar-refractivity contribution in [2.75, 3.05) is 19.7 Å². The van der Waals surface area contributed by atoms with E-state index in [4.69, 9.17) is 0 Å². The second kappa shape index (κ2) is 8.90. The van der Waals surface area contributed by atoms with Gasteiger partial charge in [-0.25, -0.2) is 4.39 Å². The minimum absolute atomic E-state index is 0.00590. The van der Waals surface area contributed by atoms with Crippen LogP contribution in [-0.2, 0) is 11.3 Å². The van der Waals surface area contributed by atoms with Gasteiger partial charge in [0.05, 0.1) is 23.9 Å². The number of aliphatic hydroxyl groups excluding tert-OH is 1. The molecule has 3 heterocycles. The van der Waals surface area contributed by atoms with Gasteiger partial charge in [-0.2, -0.15) is 13.2 Å². The molecule has 0 radical (unpaired) electrons. The summed E-state index contributed by atoms with van der Waals surface area (Å²) in [4.78, 5) is 27.9. The highest BCUT2D eigenvalue weighted by Gasteiger charge is 2.56. The maximum Gasteiger partial charge on any atom is 0.390 e. The van der Waals surface area contributed by atoms with Crippen LogP contribution in [0.25, 0.3) is 11.1 Å². The summed E-state index contributed by atoms with van der Waals surface area (Å²) in [7, 11) is 0. The van der Waals surface area contributed by atoms with Gasteiger partial charge in [0.1, 0.15) is 5.82 Å². The molecule has 1 fully saturated rings. The molecule has 2 aromatic rings. The highest BCUT2D eigenvalue weighted by atomic mass is 19.4. The molecule has 1 saturated heterocycles. The first-order chi connectivity index (χ1) is 15.7. The zero-order valence-corrected chi connectivity index (χ0v) is 18.0. The number of fused-ring (bicyclic) bond motifs is 4. The number of nitrogens with zero attached hydrogens (tertiary/aromatic N) is 2. The second-order valence-electron chi connectivity index (χ2n) is 8.45. The van der Waals surface area contributed by atoms with Gasteiger partial charge in [-0.05, 0) is 25.1 Å². The van der Waals surface area contributed by atoms with Crippen molar-refractivity contribution >= 4 is 5.91 Å². The summed E-state index contributed by atoms with van der Waals surface area (Å²) in [5, 5.41) is 12.8. The molecule has 1 aromatic heterocycles. The molecule has 6 nitrogen and oxygen atoms in total. The standard InChI is InChI=1S/C23H25F4N3O3/c1-2-28-21(32)19-15(12-31)18-11-30-17(20(19)29(18)10-9-23(25,26)27)8-7-14(22(30)33)13-5-3-4-6-16(13)24/h3-8,15,18-20,31H,2,9-12H2,1H3,(H,28,32)/t15-,18-,19+,20+/m0/s1. The number of benzene rings is 1. The molecule has 0 saturated carbocycles. The molecule has 4 atom stereocenters. The van der Waals surface area contributed by atoms with Crippen LogP contribution in [0.5, 0.6) is 0 Å². The van der Waals surface area contributed by atoms with Crippen LogP contribution in [0, 0.1) is 17.7 Å². The summed E-state index contributed by atoms with van der Waals surface area (Å²) in [5.41, 5.74) is 0.181.